The topological polar surface area (TPSA) is 70.3 Å². The van der Waals surface area contributed by atoms with Gasteiger partial charge in [-0.25, -0.2) is 0 Å². The molecule has 1 aliphatic carbocycles. The maximum absolute atomic E-state index is 12.6. The number of hydrogen-bond acceptors (Lipinski definition) is 4. The second-order valence-electron chi connectivity index (χ2n) is 7.34. The van der Waals surface area contributed by atoms with Gasteiger partial charge in [0, 0.05) is 32.0 Å². The monoisotopic (exact) mass is 360 g/mol. The van der Waals surface area contributed by atoms with E-state index in [0.29, 0.717) is 30.6 Å². The highest BCUT2D eigenvalue weighted by Gasteiger charge is 2.26. The number of hydrogen-bond donors (Lipinski definition) is 1. The van der Waals surface area contributed by atoms with Gasteiger partial charge in [0.15, 0.2) is 0 Å². The first-order valence-electron chi connectivity index (χ1n) is 9.58. The Morgan fingerprint density at radius 3 is 2.65 bits per heavy atom. The van der Waals surface area contributed by atoms with Crippen LogP contribution in [-0.4, -0.2) is 49.2 Å². The van der Waals surface area contributed by atoms with E-state index < -0.39 is 0 Å². The van der Waals surface area contributed by atoms with E-state index in [1.807, 2.05) is 18.9 Å². The first-order valence-corrected chi connectivity index (χ1v) is 9.58. The summed E-state index contributed by atoms with van der Waals surface area (Å²) in [4.78, 5) is 14.6. The molecule has 1 amide bonds. The molecule has 1 heterocycles. The molecule has 2 rings (SSSR count). The van der Waals surface area contributed by atoms with Crippen molar-refractivity contribution in [2.45, 2.75) is 58.4 Å². The molecule has 0 bridgehead atoms. The fraction of sp³-hybridized carbons (Fsp3) is 0.700. The van der Waals surface area contributed by atoms with Gasteiger partial charge in [0.05, 0.1) is 12.1 Å². The van der Waals surface area contributed by atoms with E-state index in [2.05, 4.69) is 22.9 Å². The van der Waals surface area contributed by atoms with Crippen LogP contribution in [0.5, 0.6) is 0 Å². The molecule has 0 aromatic carbocycles. The SMILES string of the molecule is COCCCN(C)CC(=O)Nc1c(C#N)c(C)c(C)n1C1CCCCC1. The van der Waals surface area contributed by atoms with Gasteiger partial charge < -0.3 is 14.6 Å². The number of nitriles is 1. The molecule has 0 atom stereocenters. The van der Waals surface area contributed by atoms with E-state index in [-0.39, 0.29) is 5.91 Å². The summed E-state index contributed by atoms with van der Waals surface area (Å²) in [5.74, 6) is 0.612. The fourth-order valence-corrected chi connectivity index (χ4v) is 3.86. The van der Waals surface area contributed by atoms with Gasteiger partial charge in [-0.15, -0.1) is 0 Å². The maximum Gasteiger partial charge on any atom is 0.239 e. The van der Waals surface area contributed by atoms with Gasteiger partial charge in [-0.1, -0.05) is 19.3 Å². The first kappa shape index (κ1) is 20.5. The minimum atomic E-state index is -0.0732. The van der Waals surface area contributed by atoms with E-state index in [1.54, 1.807) is 7.11 Å². The lowest BCUT2D eigenvalue weighted by Crippen LogP contribution is -2.32. The van der Waals surface area contributed by atoms with Crippen LogP contribution in [0.15, 0.2) is 0 Å². The van der Waals surface area contributed by atoms with Crippen molar-refractivity contribution < 1.29 is 9.53 Å². The summed E-state index contributed by atoms with van der Waals surface area (Å²) in [7, 11) is 3.61. The zero-order valence-corrected chi connectivity index (χ0v) is 16.6. The highest BCUT2D eigenvalue weighted by atomic mass is 16.5. The molecular weight excluding hydrogens is 328 g/mol. The number of likely N-dealkylation sites (N-methyl/N-ethyl adjacent to an activating group) is 1. The van der Waals surface area contributed by atoms with Crippen molar-refractivity contribution in [3.63, 3.8) is 0 Å². The molecular formula is C20H32N4O2. The molecule has 0 saturated heterocycles. The third kappa shape index (κ3) is 4.87. The van der Waals surface area contributed by atoms with Crippen LogP contribution >= 0.6 is 0 Å². The summed E-state index contributed by atoms with van der Waals surface area (Å²) >= 11 is 0. The van der Waals surface area contributed by atoms with Gasteiger partial charge in [-0.2, -0.15) is 5.26 Å². The van der Waals surface area contributed by atoms with Gasteiger partial charge in [0.2, 0.25) is 5.91 Å². The third-order valence-electron chi connectivity index (χ3n) is 5.37. The predicted molar refractivity (Wildman–Crippen MR) is 103 cm³/mol. The number of carbonyl (C=O) groups is 1. The number of amides is 1. The molecule has 1 saturated carbocycles. The summed E-state index contributed by atoms with van der Waals surface area (Å²) in [5, 5.41) is 12.7. The van der Waals surface area contributed by atoms with E-state index in [1.165, 1.54) is 19.3 Å². The predicted octanol–water partition coefficient (Wildman–Crippen LogP) is 3.39. The molecule has 1 aromatic rings. The molecule has 6 nitrogen and oxygen atoms in total. The second kappa shape index (κ2) is 9.75. The third-order valence-corrected chi connectivity index (χ3v) is 5.37. The number of anilines is 1. The van der Waals surface area contributed by atoms with Crippen molar-refractivity contribution in [2.24, 2.45) is 0 Å². The van der Waals surface area contributed by atoms with Crippen LogP contribution in [0.25, 0.3) is 0 Å². The summed E-state index contributed by atoms with van der Waals surface area (Å²) in [6, 6.07) is 2.67. The number of aromatic nitrogens is 1. The first-order chi connectivity index (χ1) is 12.5. The number of ether oxygens (including phenoxy) is 1. The molecule has 1 fully saturated rings. The second-order valence-corrected chi connectivity index (χ2v) is 7.34. The average molecular weight is 361 g/mol. The number of methoxy groups -OCH3 is 1. The van der Waals surface area contributed by atoms with Crippen LogP contribution in [0.2, 0.25) is 0 Å². The van der Waals surface area contributed by atoms with Crippen molar-refractivity contribution >= 4 is 11.7 Å². The minimum absolute atomic E-state index is 0.0732. The van der Waals surface area contributed by atoms with Gasteiger partial charge in [0.1, 0.15) is 11.9 Å². The van der Waals surface area contributed by atoms with Crippen molar-refractivity contribution in [3.8, 4) is 6.07 Å². The summed E-state index contributed by atoms with van der Waals surface area (Å²) in [6.45, 7) is 5.82. The Hall–Kier alpha value is -1.84. The van der Waals surface area contributed by atoms with Crippen LogP contribution in [0, 0.1) is 25.2 Å². The van der Waals surface area contributed by atoms with Gasteiger partial charge in [-0.05, 0) is 45.7 Å². The standard InChI is InChI=1S/C20H32N4O2/c1-15-16(2)24(17-9-6-5-7-10-17)20(18(15)13-21)22-19(25)14-23(3)11-8-12-26-4/h17H,5-12,14H2,1-4H3,(H,22,25). The Bertz CT molecular complexity index is 654. The molecule has 144 valence electrons. The van der Waals surface area contributed by atoms with Crippen LogP contribution in [0.1, 0.15) is 61.4 Å². The summed E-state index contributed by atoms with van der Waals surface area (Å²) < 4.78 is 7.26. The van der Waals surface area contributed by atoms with E-state index >= 15 is 0 Å². The smallest absolute Gasteiger partial charge is 0.239 e. The van der Waals surface area contributed by atoms with Crippen LogP contribution in [-0.2, 0) is 9.53 Å². The molecule has 0 radical (unpaired) electrons. The number of carbonyl (C=O) groups excluding carboxylic acids is 1. The largest absolute Gasteiger partial charge is 0.385 e. The molecule has 26 heavy (non-hydrogen) atoms. The molecule has 0 spiro atoms. The van der Waals surface area contributed by atoms with Crippen molar-refractivity contribution in [1.82, 2.24) is 9.47 Å². The fourth-order valence-electron chi connectivity index (χ4n) is 3.86. The number of nitrogens with zero attached hydrogens (tertiary/aromatic N) is 3. The molecule has 0 unspecified atom stereocenters. The van der Waals surface area contributed by atoms with E-state index in [0.717, 1.165) is 37.1 Å². The Kier molecular flexibility index (Phi) is 7.67. The normalized spacial score (nSPS) is 15.2. The van der Waals surface area contributed by atoms with Crippen LogP contribution in [0.3, 0.4) is 0 Å². The highest BCUT2D eigenvalue weighted by molar-refractivity contribution is 5.93. The number of nitrogens with one attached hydrogen (secondary N) is 1. The Labute approximate surface area is 157 Å². The molecule has 1 N–H and O–H groups in total. The van der Waals surface area contributed by atoms with Gasteiger partial charge >= 0.3 is 0 Å². The quantitative estimate of drug-likeness (QED) is 0.722. The van der Waals surface area contributed by atoms with Crippen molar-refractivity contribution in [2.75, 3.05) is 39.2 Å². The summed E-state index contributed by atoms with van der Waals surface area (Å²) in [5.41, 5.74) is 2.67. The molecule has 1 aromatic heterocycles. The summed E-state index contributed by atoms with van der Waals surface area (Å²) in [6.07, 6.45) is 6.80. The van der Waals surface area contributed by atoms with Gasteiger partial charge in [0.25, 0.3) is 0 Å². The van der Waals surface area contributed by atoms with E-state index in [4.69, 9.17) is 4.74 Å². The average Bonchev–Trinajstić information content (AvgIpc) is 2.85. The lowest BCUT2D eigenvalue weighted by molar-refractivity contribution is -0.117. The molecule has 1 aliphatic rings. The van der Waals surface area contributed by atoms with Crippen molar-refractivity contribution in [3.05, 3.63) is 16.8 Å². The van der Waals surface area contributed by atoms with Crippen LogP contribution < -0.4 is 5.32 Å². The lowest BCUT2D eigenvalue weighted by atomic mass is 9.95. The zero-order valence-electron chi connectivity index (χ0n) is 16.6. The minimum Gasteiger partial charge on any atom is -0.385 e. The zero-order chi connectivity index (χ0) is 19.1. The van der Waals surface area contributed by atoms with Gasteiger partial charge in [-0.3, -0.25) is 9.69 Å². The van der Waals surface area contributed by atoms with E-state index in [9.17, 15) is 10.1 Å². The highest BCUT2D eigenvalue weighted by Crippen LogP contribution is 2.36. The van der Waals surface area contributed by atoms with Crippen molar-refractivity contribution in [1.29, 1.82) is 5.26 Å². The lowest BCUT2D eigenvalue weighted by Gasteiger charge is -2.27. The Morgan fingerprint density at radius 2 is 2.04 bits per heavy atom. The maximum atomic E-state index is 12.6. The molecule has 0 aliphatic heterocycles. The Morgan fingerprint density at radius 1 is 1.35 bits per heavy atom. The Balaban J connectivity index is 2.15. The molecule has 6 heteroatoms. The number of rotatable bonds is 8. The van der Waals surface area contributed by atoms with Crippen LogP contribution in [0.4, 0.5) is 5.82 Å².